The van der Waals surface area contributed by atoms with Crippen molar-refractivity contribution >= 4 is 17.5 Å². The van der Waals surface area contributed by atoms with Crippen LogP contribution in [-0.4, -0.2) is 16.8 Å². The minimum atomic E-state index is -0.206. The maximum atomic E-state index is 12.1. The highest BCUT2D eigenvalue weighted by Crippen LogP contribution is 2.12. The molecule has 2 N–H and O–H groups in total. The monoisotopic (exact) mass is 359 g/mol. The third-order valence-corrected chi connectivity index (χ3v) is 4.24. The molecule has 136 valence electrons. The van der Waals surface area contributed by atoms with Crippen LogP contribution in [0, 0.1) is 6.92 Å². The number of aryl methyl sites for hydroxylation is 1. The van der Waals surface area contributed by atoms with Crippen molar-refractivity contribution in [1.82, 2.24) is 10.3 Å². The molecule has 1 aromatic heterocycles. The van der Waals surface area contributed by atoms with Gasteiger partial charge in [-0.3, -0.25) is 14.6 Å². The molecule has 0 aliphatic carbocycles. The number of aromatic nitrogens is 1. The van der Waals surface area contributed by atoms with Crippen LogP contribution < -0.4 is 10.6 Å². The molecular formula is C22H21N3O2. The Hall–Kier alpha value is -3.47. The second-order valence-electron chi connectivity index (χ2n) is 6.27. The van der Waals surface area contributed by atoms with Gasteiger partial charge in [-0.25, -0.2) is 0 Å². The van der Waals surface area contributed by atoms with Gasteiger partial charge >= 0.3 is 0 Å². The predicted molar refractivity (Wildman–Crippen MR) is 105 cm³/mol. The van der Waals surface area contributed by atoms with Crippen LogP contribution in [0.5, 0.6) is 0 Å². The van der Waals surface area contributed by atoms with Crippen LogP contribution in [0.1, 0.15) is 27.0 Å². The van der Waals surface area contributed by atoms with E-state index in [9.17, 15) is 9.59 Å². The van der Waals surface area contributed by atoms with Crippen molar-refractivity contribution in [2.24, 2.45) is 0 Å². The van der Waals surface area contributed by atoms with Crippen molar-refractivity contribution in [1.29, 1.82) is 0 Å². The largest absolute Gasteiger partial charge is 0.352 e. The topological polar surface area (TPSA) is 71.1 Å². The summed E-state index contributed by atoms with van der Waals surface area (Å²) in [6, 6.07) is 18.7. The summed E-state index contributed by atoms with van der Waals surface area (Å²) in [5.74, 6) is -0.222. The van der Waals surface area contributed by atoms with E-state index in [1.165, 1.54) is 6.20 Å². The highest BCUT2D eigenvalue weighted by atomic mass is 16.2. The van der Waals surface area contributed by atoms with Gasteiger partial charge in [0.15, 0.2) is 0 Å². The molecular weight excluding hydrogens is 338 g/mol. The number of nitrogens with one attached hydrogen (secondary N) is 2. The molecule has 0 saturated heterocycles. The SMILES string of the molecule is Cc1ccccc1CC(=O)NCc1ccc(NC(=O)c2cccnc2)cc1. The predicted octanol–water partition coefficient (Wildman–Crippen LogP) is 3.50. The molecule has 0 atom stereocenters. The Balaban J connectivity index is 1.51. The number of carbonyl (C=O) groups is 2. The lowest BCUT2D eigenvalue weighted by atomic mass is 10.1. The maximum Gasteiger partial charge on any atom is 0.257 e. The first-order valence-electron chi connectivity index (χ1n) is 8.73. The van der Waals surface area contributed by atoms with Gasteiger partial charge < -0.3 is 10.6 Å². The zero-order valence-corrected chi connectivity index (χ0v) is 15.1. The van der Waals surface area contributed by atoms with Gasteiger partial charge in [0, 0.05) is 24.6 Å². The summed E-state index contributed by atoms with van der Waals surface area (Å²) in [6.45, 7) is 2.45. The van der Waals surface area contributed by atoms with Gasteiger partial charge in [0.2, 0.25) is 5.91 Å². The fraction of sp³-hybridized carbons (Fsp3) is 0.136. The maximum absolute atomic E-state index is 12.1. The van der Waals surface area contributed by atoms with E-state index in [0.717, 1.165) is 16.7 Å². The first kappa shape index (κ1) is 18.3. The Morgan fingerprint density at radius 3 is 2.44 bits per heavy atom. The Bertz CT molecular complexity index is 922. The van der Waals surface area contributed by atoms with Crippen molar-refractivity contribution in [3.8, 4) is 0 Å². The summed E-state index contributed by atoms with van der Waals surface area (Å²) < 4.78 is 0. The van der Waals surface area contributed by atoms with Crippen molar-refractivity contribution in [2.45, 2.75) is 19.9 Å². The van der Waals surface area contributed by atoms with Crippen molar-refractivity contribution in [2.75, 3.05) is 5.32 Å². The number of rotatable bonds is 6. The van der Waals surface area contributed by atoms with Gasteiger partial charge in [0.05, 0.1) is 12.0 Å². The molecule has 0 aliphatic rings. The molecule has 5 nitrogen and oxygen atoms in total. The number of hydrogen-bond acceptors (Lipinski definition) is 3. The second kappa shape index (κ2) is 8.76. The van der Waals surface area contributed by atoms with Crippen LogP contribution in [0.25, 0.3) is 0 Å². The van der Waals surface area contributed by atoms with Gasteiger partial charge in [-0.15, -0.1) is 0 Å². The van der Waals surface area contributed by atoms with Gasteiger partial charge in [-0.05, 0) is 47.9 Å². The van der Waals surface area contributed by atoms with E-state index < -0.39 is 0 Å². The zero-order chi connectivity index (χ0) is 19.1. The van der Waals surface area contributed by atoms with Gasteiger partial charge in [0.25, 0.3) is 5.91 Å². The van der Waals surface area contributed by atoms with E-state index in [1.807, 2.05) is 55.5 Å². The average Bonchev–Trinajstić information content (AvgIpc) is 2.70. The van der Waals surface area contributed by atoms with Gasteiger partial charge in [0.1, 0.15) is 0 Å². The Kier molecular flexibility index (Phi) is 5.94. The van der Waals surface area contributed by atoms with Crippen LogP contribution in [0.3, 0.4) is 0 Å². The number of pyridine rings is 1. The Morgan fingerprint density at radius 2 is 1.74 bits per heavy atom. The van der Waals surface area contributed by atoms with E-state index in [0.29, 0.717) is 24.2 Å². The van der Waals surface area contributed by atoms with Gasteiger partial charge in [-0.1, -0.05) is 36.4 Å². The zero-order valence-electron chi connectivity index (χ0n) is 15.1. The summed E-state index contributed by atoms with van der Waals surface area (Å²) in [6.07, 6.45) is 3.51. The number of nitrogens with zero attached hydrogens (tertiary/aromatic N) is 1. The minimum absolute atomic E-state index is 0.0155. The molecule has 0 spiro atoms. The quantitative estimate of drug-likeness (QED) is 0.708. The molecule has 5 heteroatoms. The molecule has 0 saturated carbocycles. The van der Waals surface area contributed by atoms with E-state index in [2.05, 4.69) is 15.6 Å². The number of hydrogen-bond donors (Lipinski definition) is 2. The molecule has 0 bridgehead atoms. The van der Waals surface area contributed by atoms with Crippen LogP contribution in [0.15, 0.2) is 73.1 Å². The molecule has 3 rings (SSSR count). The standard InChI is InChI=1S/C22H21N3O2/c1-16-5-2-3-6-18(16)13-21(26)24-14-17-8-10-20(11-9-17)25-22(27)19-7-4-12-23-15-19/h2-12,15H,13-14H2,1H3,(H,24,26)(H,25,27). The lowest BCUT2D eigenvalue weighted by molar-refractivity contribution is -0.120. The highest BCUT2D eigenvalue weighted by molar-refractivity contribution is 6.04. The smallest absolute Gasteiger partial charge is 0.257 e. The Morgan fingerprint density at radius 1 is 0.963 bits per heavy atom. The van der Waals surface area contributed by atoms with E-state index in [4.69, 9.17) is 0 Å². The molecule has 0 fully saturated rings. The molecule has 2 amide bonds. The van der Waals surface area contributed by atoms with Crippen molar-refractivity contribution < 1.29 is 9.59 Å². The lowest BCUT2D eigenvalue weighted by Crippen LogP contribution is -2.24. The second-order valence-corrected chi connectivity index (χ2v) is 6.27. The number of anilines is 1. The summed E-state index contributed by atoms with van der Waals surface area (Å²) >= 11 is 0. The molecule has 0 aliphatic heterocycles. The van der Waals surface area contributed by atoms with Crippen LogP contribution >= 0.6 is 0 Å². The lowest BCUT2D eigenvalue weighted by Gasteiger charge is -2.09. The summed E-state index contributed by atoms with van der Waals surface area (Å²) in [5.41, 5.74) is 4.31. The van der Waals surface area contributed by atoms with Crippen LogP contribution in [-0.2, 0) is 17.8 Å². The normalized spacial score (nSPS) is 10.3. The van der Waals surface area contributed by atoms with E-state index in [1.54, 1.807) is 18.3 Å². The molecule has 2 aromatic carbocycles. The molecule has 0 radical (unpaired) electrons. The number of carbonyl (C=O) groups excluding carboxylic acids is 2. The molecule has 0 unspecified atom stereocenters. The van der Waals surface area contributed by atoms with Crippen molar-refractivity contribution in [3.63, 3.8) is 0 Å². The molecule has 3 aromatic rings. The van der Waals surface area contributed by atoms with Crippen molar-refractivity contribution in [3.05, 3.63) is 95.3 Å². The molecule has 1 heterocycles. The van der Waals surface area contributed by atoms with E-state index in [-0.39, 0.29) is 11.8 Å². The highest BCUT2D eigenvalue weighted by Gasteiger charge is 2.07. The third kappa shape index (κ3) is 5.25. The first-order chi connectivity index (χ1) is 13.1. The average molecular weight is 359 g/mol. The first-order valence-corrected chi connectivity index (χ1v) is 8.73. The fourth-order valence-electron chi connectivity index (χ4n) is 2.65. The van der Waals surface area contributed by atoms with E-state index >= 15 is 0 Å². The minimum Gasteiger partial charge on any atom is -0.352 e. The van der Waals surface area contributed by atoms with Gasteiger partial charge in [-0.2, -0.15) is 0 Å². The number of benzene rings is 2. The summed E-state index contributed by atoms with van der Waals surface area (Å²) in [4.78, 5) is 28.2. The summed E-state index contributed by atoms with van der Waals surface area (Å²) in [5, 5.41) is 5.75. The number of amides is 2. The van der Waals surface area contributed by atoms with Crippen LogP contribution in [0.2, 0.25) is 0 Å². The fourth-order valence-corrected chi connectivity index (χ4v) is 2.65. The molecule has 27 heavy (non-hydrogen) atoms. The van der Waals surface area contributed by atoms with Crippen LogP contribution in [0.4, 0.5) is 5.69 Å². The summed E-state index contributed by atoms with van der Waals surface area (Å²) in [7, 11) is 0. The Labute approximate surface area is 158 Å². The third-order valence-electron chi connectivity index (χ3n) is 4.24.